The molecule has 2 aromatic carbocycles. The predicted octanol–water partition coefficient (Wildman–Crippen LogP) is 2.92. The first-order chi connectivity index (χ1) is 12.4. The summed E-state index contributed by atoms with van der Waals surface area (Å²) in [5.41, 5.74) is 5.82. The van der Waals surface area contributed by atoms with Gasteiger partial charge in [-0.15, -0.1) is 0 Å². The molecule has 2 N–H and O–H groups in total. The molecule has 0 saturated carbocycles. The summed E-state index contributed by atoms with van der Waals surface area (Å²) in [4.78, 5) is 38.0. The summed E-state index contributed by atoms with van der Waals surface area (Å²) >= 11 is 9.24. The number of hydrogen-bond donors (Lipinski definition) is 2. The molecule has 2 aromatic rings. The van der Waals surface area contributed by atoms with Crippen molar-refractivity contribution in [2.24, 2.45) is 5.92 Å². The van der Waals surface area contributed by atoms with Crippen molar-refractivity contribution in [1.82, 2.24) is 10.9 Å². The predicted molar refractivity (Wildman–Crippen MR) is 102 cm³/mol. The molecule has 134 valence electrons. The normalized spacial score (nSPS) is 16.5. The third-order valence-corrected chi connectivity index (χ3v) is 4.79. The molecule has 1 saturated heterocycles. The van der Waals surface area contributed by atoms with Crippen molar-refractivity contribution in [3.05, 3.63) is 63.6 Å². The van der Waals surface area contributed by atoms with Gasteiger partial charge in [0.15, 0.2) is 0 Å². The average molecular weight is 437 g/mol. The topological polar surface area (TPSA) is 78.5 Å². The molecule has 1 atom stereocenters. The second-order valence-electron chi connectivity index (χ2n) is 5.84. The lowest BCUT2D eigenvalue weighted by Crippen LogP contribution is -2.45. The summed E-state index contributed by atoms with van der Waals surface area (Å²) in [6.45, 7) is 0.235. The standard InChI is InChI=1S/C18H15BrClN3O3/c19-13-6-4-11(5-7-13)17(25)21-22-18(26)12-8-16(24)23(10-12)15-3-1-2-14(20)9-15/h1-7,9,12H,8,10H2,(H,21,25)(H,22,26)/t12-/m0/s1. The molecule has 0 spiro atoms. The van der Waals surface area contributed by atoms with E-state index in [9.17, 15) is 14.4 Å². The number of nitrogens with zero attached hydrogens (tertiary/aromatic N) is 1. The maximum atomic E-state index is 12.3. The van der Waals surface area contributed by atoms with Gasteiger partial charge in [-0.2, -0.15) is 0 Å². The molecule has 0 radical (unpaired) electrons. The second kappa shape index (κ2) is 7.88. The number of anilines is 1. The molecule has 8 heteroatoms. The van der Waals surface area contributed by atoms with Gasteiger partial charge in [0.1, 0.15) is 0 Å². The number of benzene rings is 2. The number of rotatable bonds is 3. The Morgan fingerprint density at radius 1 is 1.12 bits per heavy atom. The molecule has 26 heavy (non-hydrogen) atoms. The SMILES string of the molecule is O=C(NNC(=O)[C@H]1CC(=O)N(c2cccc(Cl)c2)C1)c1ccc(Br)cc1. The zero-order valence-electron chi connectivity index (χ0n) is 13.5. The summed E-state index contributed by atoms with van der Waals surface area (Å²) in [7, 11) is 0. The van der Waals surface area contributed by atoms with Gasteiger partial charge >= 0.3 is 0 Å². The Balaban J connectivity index is 1.58. The largest absolute Gasteiger partial charge is 0.312 e. The lowest BCUT2D eigenvalue weighted by molar-refractivity contribution is -0.126. The van der Waals surface area contributed by atoms with Crippen LogP contribution in [0, 0.1) is 5.92 Å². The lowest BCUT2D eigenvalue weighted by Gasteiger charge is -2.17. The van der Waals surface area contributed by atoms with Crippen LogP contribution >= 0.6 is 27.5 Å². The fourth-order valence-corrected chi connectivity index (χ4v) is 3.12. The number of carbonyl (C=O) groups is 3. The smallest absolute Gasteiger partial charge is 0.269 e. The number of halogens is 2. The molecular weight excluding hydrogens is 422 g/mol. The van der Waals surface area contributed by atoms with Crippen molar-refractivity contribution in [2.75, 3.05) is 11.4 Å². The van der Waals surface area contributed by atoms with Crippen LogP contribution in [0.1, 0.15) is 16.8 Å². The highest BCUT2D eigenvalue weighted by molar-refractivity contribution is 9.10. The first-order valence-corrected chi connectivity index (χ1v) is 9.03. The maximum Gasteiger partial charge on any atom is 0.269 e. The van der Waals surface area contributed by atoms with E-state index in [4.69, 9.17) is 11.6 Å². The highest BCUT2D eigenvalue weighted by Gasteiger charge is 2.35. The zero-order chi connectivity index (χ0) is 18.7. The van der Waals surface area contributed by atoms with Crippen molar-refractivity contribution < 1.29 is 14.4 Å². The van der Waals surface area contributed by atoms with Crippen LogP contribution in [0.2, 0.25) is 5.02 Å². The first-order valence-electron chi connectivity index (χ1n) is 7.86. The van der Waals surface area contributed by atoms with Gasteiger partial charge in [-0.05, 0) is 42.5 Å². The van der Waals surface area contributed by atoms with E-state index in [-0.39, 0.29) is 18.9 Å². The van der Waals surface area contributed by atoms with Crippen LogP contribution in [0.25, 0.3) is 0 Å². The van der Waals surface area contributed by atoms with Crippen molar-refractivity contribution in [2.45, 2.75) is 6.42 Å². The van der Waals surface area contributed by atoms with Crippen molar-refractivity contribution in [3.63, 3.8) is 0 Å². The minimum atomic E-state index is -0.549. The van der Waals surface area contributed by atoms with Gasteiger partial charge < -0.3 is 4.90 Å². The third kappa shape index (κ3) is 4.23. The Labute approximate surface area is 163 Å². The molecule has 3 rings (SSSR count). The molecule has 0 unspecified atom stereocenters. The van der Waals surface area contributed by atoms with Gasteiger partial charge in [0.05, 0.1) is 5.92 Å². The first kappa shape index (κ1) is 18.4. The van der Waals surface area contributed by atoms with Crippen LogP contribution in [-0.2, 0) is 9.59 Å². The van der Waals surface area contributed by atoms with Gasteiger partial charge in [-0.25, -0.2) is 0 Å². The molecule has 1 aliphatic heterocycles. The van der Waals surface area contributed by atoms with E-state index in [0.717, 1.165) is 4.47 Å². The van der Waals surface area contributed by atoms with Crippen molar-refractivity contribution in [1.29, 1.82) is 0 Å². The molecule has 6 nitrogen and oxygen atoms in total. The number of hydrogen-bond acceptors (Lipinski definition) is 3. The van der Waals surface area contributed by atoms with E-state index >= 15 is 0 Å². The Hall–Kier alpha value is -2.38. The van der Waals surface area contributed by atoms with E-state index in [1.807, 2.05) is 0 Å². The third-order valence-electron chi connectivity index (χ3n) is 4.02. The quantitative estimate of drug-likeness (QED) is 0.726. The van der Waals surface area contributed by atoms with Gasteiger partial charge in [0.25, 0.3) is 5.91 Å². The van der Waals surface area contributed by atoms with Gasteiger partial charge in [-0.3, -0.25) is 25.2 Å². The number of hydrazine groups is 1. The Morgan fingerprint density at radius 3 is 2.54 bits per heavy atom. The molecule has 0 bridgehead atoms. The summed E-state index contributed by atoms with van der Waals surface area (Å²) in [6, 6.07) is 13.6. The minimum absolute atomic E-state index is 0.0759. The molecule has 1 fully saturated rings. The highest BCUT2D eigenvalue weighted by atomic mass is 79.9. The lowest BCUT2D eigenvalue weighted by atomic mass is 10.1. The summed E-state index contributed by atoms with van der Waals surface area (Å²) in [6.07, 6.45) is 0.0759. The molecule has 0 aliphatic carbocycles. The van der Waals surface area contributed by atoms with E-state index in [0.29, 0.717) is 16.3 Å². The summed E-state index contributed by atoms with van der Waals surface area (Å²) < 4.78 is 0.851. The van der Waals surface area contributed by atoms with E-state index < -0.39 is 17.7 Å². The highest BCUT2D eigenvalue weighted by Crippen LogP contribution is 2.27. The number of carbonyl (C=O) groups excluding carboxylic acids is 3. The molecule has 0 aromatic heterocycles. The Kier molecular flexibility index (Phi) is 5.58. The monoisotopic (exact) mass is 435 g/mol. The van der Waals surface area contributed by atoms with Crippen LogP contribution in [-0.4, -0.2) is 24.3 Å². The van der Waals surface area contributed by atoms with Gasteiger partial charge in [0, 0.05) is 33.7 Å². The van der Waals surface area contributed by atoms with Crippen molar-refractivity contribution in [3.8, 4) is 0 Å². The summed E-state index contributed by atoms with van der Waals surface area (Å²) in [5.74, 6) is -1.55. The van der Waals surface area contributed by atoms with Crippen LogP contribution in [0.5, 0.6) is 0 Å². The van der Waals surface area contributed by atoms with Crippen LogP contribution in [0.4, 0.5) is 5.69 Å². The summed E-state index contributed by atoms with van der Waals surface area (Å²) in [5, 5.41) is 0.518. The fourth-order valence-electron chi connectivity index (χ4n) is 2.67. The van der Waals surface area contributed by atoms with E-state index in [1.54, 1.807) is 48.5 Å². The number of amides is 3. The molecule has 1 aliphatic rings. The van der Waals surface area contributed by atoms with Crippen LogP contribution < -0.4 is 15.8 Å². The van der Waals surface area contributed by atoms with Crippen molar-refractivity contribution >= 4 is 50.9 Å². The Bertz CT molecular complexity index is 857. The van der Waals surface area contributed by atoms with Gasteiger partial charge in [0.2, 0.25) is 11.8 Å². The van der Waals surface area contributed by atoms with Crippen LogP contribution in [0.15, 0.2) is 53.0 Å². The second-order valence-corrected chi connectivity index (χ2v) is 7.19. The number of nitrogens with one attached hydrogen (secondary N) is 2. The zero-order valence-corrected chi connectivity index (χ0v) is 15.9. The van der Waals surface area contributed by atoms with Crippen LogP contribution in [0.3, 0.4) is 0 Å². The Morgan fingerprint density at radius 2 is 1.85 bits per heavy atom. The average Bonchev–Trinajstić information content (AvgIpc) is 3.02. The minimum Gasteiger partial charge on any atom is -0.312 e. The maximum absolute atomic E-state index is 12.3. The molecular formula is C18H15BrClN3O3. The van der Waals surface area contributed by atoms with E-state index in [1.165, 1.54) is 4.90 Å². The van der Waals surface area contributed by atoms with E-state index in [2.05, 4.69) is 26.8 Å². The fraction of sp³-hybridized carbons (Fsp3) is 0.167. The molecule has 3 amide bonds. The van der Waals surface area contributed by atoms with Gasteiger partial charge in [-0.1, -0.05) is 33.6 Å². The molecule has 1 heterocycles.